The minimum Gasteiger partial charge on any atom is -0.451 e. The maximum atomic E-state index is 12.1. The Morgan fingerprint density at radius 3 is 2.78 bits per heavy atom. The van der Waals surface area contributed by atoms with Crippen molar-refractivity contribution in [1.82, 2.24) is 0 Å². The summed E-state index contributed by atoms with van der Waals surface area (Å²) < 4.78 is 6.17. The van der Waals surface area contributed by atoms with Crippen molar-refractivity contribution >= 4 is 11.8 Å². The van der Waals surface area contributed by atoms with Crippen LogP contribution in [0.3, 0.4) is 0 Å². The number of rotatable bonds is 1. The number of carbonyl (C=O) groups excluding carboxylic acids is 2. The lowest BCUT2D eigenvalue weighted by atomic mass is 9.49. The van der Waals surface area contributed by atoms with Crippen LogP contribution in [-0.2, 0) is 14.3 Å². The lowest BCUT2D eigenvalue weighted by Gasteiger charge is -2.56. The van der Waals surface area contributed by atoms with Gasteiger partial charge in [-0.2, -0.15) is 0 Å². The fraction of sp³-hybridized carbons (Fsp3) is 0.750. The van der Waals surface area contributed by atoms with Gasteiger partial charge in [0.25, 0.3) is 0 Å². The highest BCUT2D eigenvalue weighted by molar-refractivity contribution is 5.86. The van der Waals surface area contributed by atoms with Gasteiger partial charge >= 0.3 is 5.97 Å². The third-order valence-corrected chi connectivity index (χ3v) is 10.1. The first-order valence-electron chi connectivity index (χ1n) is 11.3. The molecule has 0 saturated heterocycles. The second-order valence-corrected chi connectivity index (χ2v) is 10.6. The molecule has 1 aliphatic heterocycles. The molecule has 1 spiro atoms. The molecule has 142 valence electrons. The van der Waals surface area contributed by atoms with Gasteiger partial charge in [0.15, 0.2) is 0 Å². The zero-order valence-electron chi connectivity index (χ0n) is 16.1. The van der Waals surface area contributed by atoms with Crippen LogP contribution in [0.4, 0.5) is 0 Å². The molecule has 7 aliphatic rings. The van der Waals surface area contributed by atoms with E-state index in [-0.39, 0.29) is 17.0 Å². The maximum Gasteiger partial charge on any atom is 0.331 e. The van der Waals surface area contributed by atoms with Crippen LogP contribution < -0.4 is 0 Å². The molecule has 9 atom stereocenters. The smallest absolute Gasteiger partial charge is 0.331 e. The summed E-state index contributed by atoms with van der Waals surface area (Å²) in [5.74, 6) is 5.47. The minimum absolute atomic E-state index is 0.111. The molecule has 7 unspecified atom stereocenters. The quantitative estimate of drug-likeness (QED) is 0.517. The SMILES string of the molecule is CC[C@]12CCC3C4=C(CC(=O)CC4)C4CC4C3C1C1CC1[C@@]21C=CC(=O)O1. The van der Waals surface area contributed by atoms with Gasteiger partial charge in [0.1, 0.15) is 11.4 Å². The monoisotopic (exact) mass is 364 g/mol. The highest BCUT2D eigenvalue weighted by Gasteiger charge is 2.80. The average molecular weight is 364 g/mol. The molecule has 27 heavy (non-hydrogen) atoms. The highest BCUT2D eigenvalue weighted by Crippen LogP contribution is 2.80. The number of Topliss-reactive ketones (excluding diaryl/α,β-unsaturated/α-hetero) is 1. The van der Waals surface area contributed by atoms with Crippen LogP contribution in [0.15, 0.2) is 23.3 Å². The van der Waals surface area contributed by atoms with Gasteiger partial charge in [-0.05, 0) is 80.1 Å². The van der Waals surface area contributed by atoms with Gasteiger partial charge < -0.3 is 4.74 Å². The number of hydrogen-bond acceptors (Lipinski definition) is 3. The lowest BCUT2D eigenvalue weighted by Crippen LogP contribution is -2.55. The van der Waals surface area contributed by atoms with Crippen LogP contribution in [0.1, 0.15) is 58.3 Å². The van der Waals surface area contributed by atoms with Gasteiger partial charge in [-0.15, -0.1) is 0 Å². The van der Waals surface area contributed by atoms with Gasteiger partial charge in [-0.1, -0.05) is 18.1 Å². The molecule has 0 amide bonds. The summed E-state index contributed by atoms with van der Waals surface area (Å²) in [6.07, 6.45) is 12.6. The first-order valence-corrected chi connectivity index (χ1v) is 11.3. The van der Waals surface area contributed by atoms with E-state index in [4.69, 9.17) is 4.74 Å². The number of ketones is 1. The molecule has 0 radical (unpaired) electrons. The molecule has 3 nitrogen and oxygen atoms in total. The number of allylic oxidation sites excluding steroid dienone is 2. The number of carbonyl (C=O) groups is 2. The molecule has 3 heteroatoms. The molecule has 0 N–H and O–H groups in total. The van der Waals surface area contributed by atoms with Gasteiger partial charge in [-0.3, -0.25) is 4.79 Å². The van der Waals surface area contributed by atoms with Crippen molar-refractivity contribution in [2.75, 3.05) is 0 Å². The second kappa shape index (κ2) is 4.60. The first-order chi connectivity index (χ1) is 13.1. The topological polar surface area (TPSA) is 43.4 Å². The molecular formula is C24H28O3. The Morgan fingerprint density at radius 1 is 1.11 bits per heavy atom. The van der Waals surface area contributed by atoms with Crippen molar-refractivity contribution in [3.05, 3.63) is 23.3 Å². The van der Waals surface area contributed by atoms with Crippen molar-refractivity contribution < 1.29 is 14.3 Å². The number of hydrogen-bond donors (Lipinski definition) is 0. The summed E-state index contributed by atoms with van der Waals surface area (Å²) in [5, 5.41) is 0. The Morgan fingerprint density at radius 2 is 2.00 bits per heavy atom. The molecule has 0 bridgehead atoms. The van der Waals surface area contributed by atoms with Gasteiger partial charge in [0.2, 0.25) is 0 Å². The summed E-state index contributed by atoms with van der Waals surface area (Å²) in [7, 11) is 0. The summed E-state index contributed by atoms with van der Waals surface area (Å²) in [5.41, 5.74) is 3.16. The molecule has 0 aromatic carbocycles. The van der Waals surface area contributed by atoms with Crippen LogP contribution in [0, 0.1) is 46.8 Å². The molecule has 1 heterocycles. The largest absolute Gasteiger partial charge is 0.451 e. The molecule has 4 fully saturated rings. The van der Waals surface area contributed by atoms with Crippen molar-refractivity contribution in [1.29, 1.82) is 0 Å². The predicted molar refractivity (Wildman–Crippen MR) is 99.5 cm³/mol. The summed E-state index contributed by atoms with van der Waals surface area (Å²) in [6, 6.07) is 0. The Hall–Kier alpha value is -1.38. The third-order valence-electron chi connectivity index (χ3n) is 10.1. The highest BCUT2D eigenvalue weighted by atomic mass is 16.6. The molecule has 0 aromatic rings. The zero-order chi connectivity index (χ0) is 18.1. The molecule has 6 aliphatic carbocycles. The van der Waals surface area contributed by atoms with Gasteiger partial charge in [-0.25, -0.2) is 4.79 Å². The summed E-state index contributed by atoms with van der Waals surface area (Å²) >= 11 is 0. The summed E-state index contributed by atoms with van der Waals surface area (Å²) in [6.45, 7) is 2.34. The van der Waals surface area contributed by atoms with E-state index in [1.165, 1.54) is 25.7 Å². The average Bonchev–Trinajstić information content (AvgIpc) is 3.57. The zero-order valence-corrected chi connectivity index (χ0v) is 16.1. The van der Waals surface area contributed by atoms with Crippen LogP contribution in [0.5, 0.6) is 0 Å². The molecular weight excluding hydrogens is 336 g/mol. The molecule has 4 saturated carbocycles. The number of ether oxygens (including phenoxy) is 1. The van der Waals surface area contributed by atoms with Crippen molar-refractivity contribution in [3.8, 4) is 0 Å². The van der Waals surface area contributed by atoms with E-state index in [9.17, 15) is 9.59 Å². The van der Waals surface area contributed by atoms with Crippen molar-refractivity contribution in [2.45, 2.75) is 63.9 Å². The van der Waals surface area contributed by atoms with E-state index in [1.807, 2.05) is 0 Å². The second-order valence-electron chi connectivity index (χ2n) is 10.6. The van der Waals surface area contributed by atoms with Crippen LogP contribution in [0.2, 0.25) is 0 Å². The van der Waals surface area contributed by atoms with E-state index < -0.39 is 0 Å². The van der Waals surface area contributed by atoms with E-state index >= 15 is 0 Å². The Balaban J connectivity index is 1.34. The first kappa shape index (κ1) is 15.5. The normalized spacial score (nSPS) is 56.3. The maximum absolute atomic E-state index is 12.1. The predicted octanol–water partition coefficient (Wildman–Crippen LogP) is 4.23. The summed E-state index contributed by atoms with van der Waals surface area (Å²) in [4.78, 5) is 24.2. The molecule has 7 rings (SSSR count). The Bertz CT molecular complexity index is 852. The standard InChI is InChI=1S/C24H28O3/c1-2-23-7-5-14-13-4-3-12(25)9-15(13)16-10-17(16)21(14)22(23)18-11-19(18)24(23)8-6-20(26)27-24/h6,8,14,16-19,21-22H,2-5,7,9-11H2,1H3/t14?,16?,17?,18?,19?,21?,22?,23-,24-/m0/s1. The number of esters is 1. The van der Waals surface area contributed by atoms with E-state index in [1.54, 1.807) is 17.2 Å². The van der Waals surface area contributed by atoms with Crippen LogP contribution >= 0.6 is 0 Å². The van der Waals surface area contributed by atoms with Gasteiger partial charge in [0, 0.05) is 30.3 Å². The van der Waals surface area contributed by atoms with Crippen LogP contribution in [0.25, 0.3) is 0 Å². The van der Waals surface area contributed by atoms with Gasteiger partial charge in [0.05, 0.1) is 0 Å². The van der Waals surface area contributed by atoms with Crippen molar-refractivity contribution in [2.24, 2.45) is 46.8 Å². The van der Waals surface area contributed by atoms with E-state index in [2.05, 4.69) is 13.0 Å². The van der Waals surface area contributed by atoms with Crippen molar-refractivity contribution in [3.63, 3.8) is 0 Å². The fourth-order valence-electron chi connectivity index (χ4n) is 9.25. The third kappa shape index (κ3) is 1.60. The Kier molecular flexibility index (Phi) is 2.65. The molecule has 0 aromatic heterocycles. The van der Waals surface area contributed by atoms with E-state index in [0.717, 1.165) is 55.3 Å². The fourth-order valence-corrected chi connectivity index (χ4v) is 9.25. The Labute approximate surface area is 160 Å². The van der Waals surface area contributed by atoms with E-state index in [0.29, 0.717) is 17.6 Å². The minimum atomic E-state index is -0.291. The number of fused-ring (bicyclic) bond motifs is 11. The van der Waals surface area contributed by atoms with Crippen LogP contribution in [-0.4, -0.2) is 17.4 Å². The lowest BCUT2D eigenvalue weighted by molar-refractivity contribution is -0.170.